The summed E-state index contributed by atoms with van der Waals surface area (Å²) in [6.07, 6.45) is 1.90. The van der Waals surface area contributed by atoms with Gasteiger partial charge in [0.1, 0.15) is 0 Å². The number of methoxy groups -OCH3 is 3. The molecular weight excluding hydrogens is 272 g/mol. The summed E-state index contributed by atoms with van der Waals surface area (Å²) in [5, 5.41) is 3.21. The summed E-state index contributed by atoms with van der Waals surface area (Å²) in [7, 11) is 6.42. The van der Waals surface area contributed by atoms with Gasteiger partial charge in [0.15, 0.2) is 11.5 Å². The fourth-order valence-electron chi connectivity index (χ4n) is 2.52. The molecule has 1 atom stereocenters. The lowest BCUT2D eigenvalue weighted by Crippen LogP contribution is -2.41. The van der Waals surface area contributed by atoms with Gasteiger partial charge in [0.05, 0.1) is 33.1 Å². The summed E-state index contributed by atoms with van der Waals surface area (Å²) >= 11 is 0. The highest BCUT2D eigenvalue weighted by molar-refractivity contribution is 5.97. The van der Waals surface area contributed by atoms with E-state index in [1.807, 2.05) is 0 Å². The highest BCUT2D eigenvalue weighted by atomic mass is 16.5. The van der Waals surface area contributed by atoms with Crippen LogP contribution in [0.4, 0.5) is 5.69 Å². The zero-order chi connectivity index (χ0) is 15.4. The van der Waals surface area contributed by atoms with Crippen molar-refractivity contribution in [2.24, 2.45) is 0 Å². The third-order valence-electron chi connectivity index (χ3n) is 3.73. The van der Waals surface area contributed by atoms with Crippen molar-refractivity contribution in [3.05, 3.63) is 12.1 Å². The third-order valence-corrected chi connectivity index (χ3v) is 3.73. The highest BCUT2D eigenvalue weighted by Crippen LogP contribution is 2.40. The molecule has 1 N–H and O–H groups in total. The zero-order valence-corrected chi connectivity index (χ0v) is 12.9. The van der Waals surface area contributed by atoms with Crippen molar-refractivity contribution < 1.29 is 19.0 Å². The zero-order valence-electron chi connectivity index (χ0n) is 12.9. The van der Waals surface area contributed by atoms with E-state index in [4.69, 9.17) is 14.2 Å². The molecule has 0 aromatic heterocycles. The predicted molar refractivity (Wildman–Crippen MR) is 80.5 cm³/mol. The number of carbonyl (C=O) groups excluding carboxylic acids is 1. The summed E-state index contributed by atoms with van der Waals surface area (Å²) in [5.41, 5.74) is 0.711. The smallest absolute Gasteiger partial charge is 0.243 e. The van der Waals surface area contributed by atoms with Crippen LogP contribution in [0.15, 0.2) is 12.1 Å². The fraction of sp³-hybridized carbons (Fsp3) is 0.533. The molecule has 0 spiro atoms. The number of benzene rings is 1. The lowest BCUT2D eigenvalue weighted by Gasteiger charge is -2.23. The molecule has 0 saturated carbocycles. The molecule has 6 nitrogen and oxygen atoms in total. The van der Waals surface area contributed by atoms with Crippen LogP contribution in [0, 0.1) is 0 Å². The van der Waals surface area contributed by atoms with E-state index >= 15 is 0 Å². The molecule has 1 amide bonds. The van der Waals surface area contributed by atoms with E-state index < -0.39 is 0 Å². The first-order chi connectivity index (χ1) is 10.1. The first-order valence-corrected chi connectivity index (χ1v) is 6.93. The first kappa shape index (κ1) is 15.4. The molecule has 1 fully saturated rings. The Kier molecular flexibility index (Phi) is 4.90. The molecule has 1 unspecified atom stereocenters. The molecule has 1 aliphatic heterocycles. The normalized spacial score (nSPS) is 17.4. The Morgan fingerprint density at radius 2 is 1.81 bits per heavy atom. The molecule has 21 heavy (non-hydrogen) atoms. The van der Waals surface area contributed by atoms with Crippen LogP contribution in [0.25, 0.3) is 0 Å². The second-order valence-electron chi connectivity index (χ2n) is 4.93. The van der Waals surface area contributed by atoms with E-state index in [0.29, 0.717) is 22.9 Å². The number of hydrogen-bond acceptors (Lipinski definition) is 5. The molecule has 116 valence electrons. The largest absolute Gasteiger partial charge is 0.493 e. The van der Waals surface area contributed by atoms with Gasteiger partial charge in [0, 0.05) is 19.2 Å². The Morgan fingerprint density at radius 1 is 1.19 bits per heavy atom. The maximum absolute atomic E-state index is 12.5. The van der Waals surface area contributed by atoms with E-state index in [1.54, 1.807) is 45.4 Å². The van der Waals surface area contributed by atoms with Crippen LogP contribution in [-0.4, -0.2) is 46.9 Å². The quantitative estimate of drug-likeness (QED) is 0.890. The van der Waals surface area contributed by atoms with Crippen LogP contribution in [0.1, 0.15) is 12.8 Å². The van der Waals surface area contributed by atoms with Gasteiger partial charge in [-0.3, -0.25) is 4.79 Å². The van der Waals surface area contributed by atoms with Gasteiger partial charge in [-0.25, -0.2) is 0 Å². The van der Waals surface area contributed by atoms with Gasteiger partial charge in [-0.05, 0) is 19.4 Å². The summed E-state index contributed by atoms with van der Waals surface area (Å²) in [4.78, 5) is 14.1. The molecule has 1 heterocycles. The van der Waals surface area contributed by atoms with Crippen molar-refractivity contribution in [2.75, 3.05) is 39.8 Å². The van der Waals surface area contributed by atoms with Crippen molar-refractivity contribution in [3.63, 3.8) is 0 Å². The van der Waals surface area contributed by atoms with Crippen molar-refractivity contribution in [3.8, 4) is 17.2 Å². The minimum atomic E-state index is -0.117. The monoisotopic (exact) mass is 294 g/mol. The van der Waals surface area contributed by atoms with E-state index in [0.717, 1.165) is 19.4 Å². The molecule has 2 rings (SSSR count). The molecule has 6 heteroatoms. The summed E-state index contributed by atoms with van der Waals surface area (Å²) in [5.74, 6) is 1.63. The minimum absolute atomic E-state index is 0.0433. The van der Waals surface area contributed by atoms with Gasteiger partial charge in [-0.2, -0.15) is 0 Å². The average Bonchev–Trinajstić information content (AvgIpc) is 3.06. The standard InChI is InChI=1S/C15H22N2O4/c1-17(15(18)11-6-5-7-16-11)10-8-12(19-2)14(21-4)13(9-10)20-3/h8-9,11,16H,5-7H2,1-4H3. The number of rotatable bonds is 5. The van der Waals surface area contributed by atoms with E-state index in [1.165, 1.54) is 0 Å². The van der Waals surface area contributed by atoms with Crippen LogP contribution in [0.5, 0.6) is 17.2 Å². The molecule has 0 aliphatic carbocycles. The van der Waals surface area contributed by atoms with E-state index in [2.05, 4.69) is 5.32 Å². The van der Waals surface area contributed by atoms with Crippen molar-refractivity contribution in [2.45, 2.75) is 18.9 Å². The number of hydrogen-bond donors (Lipinski definition) is 1. The Bertz CT molecular complexity index is 487. The number of nitrogens with zero attached hydrogens (tertiary/aromatic N) is 1. The number of ether oxygens (including phenoxy) is 3. The fourth-order valence-corrected chi connectivity index (χ4v) is 2.52. The Morgan fingerprint density at radius 3 is 2.24 bits per heavy atom. The van der Waals surface area contributed by atoms with Gasteiger partial charge < -0.3 is 24.4 Å². The average molecular weight is 294 g/mol. The van der Waals surface area contributed by atoms with Gasteiger partial charge in [-0.15, -0.1) is 0 Å². The maximum atomic E-state index is 12.5. The molecular formula is C15H22N2O4. The molecule has 0 bridgehead atoms. The number of anilines is 1. The highest BCUT2D eigenvalue weighted by Gasteiger charge is 2.27. The molecule has 1 aromatic rings. The van der Waals surface area contributed by atoms with Crippen LogP contribution >= 0.6 is 0 Å². The maximum Gasteiger partial charge on any atom is 0.243 e. The first-order valence-electron chi connectivity index (χ1n) is 6.93. The van der Waals surface area contributed by atoms with Crippen molar-refractivity contribution in [1.29, 1.82) is 0 Å². The van der Waals surface area contributed by atoms with Gasteiger partial charge in [0.25, 0.3) is 0 Å². The number of nitrogens with one attached hydrogen (secondary N) is 1. The predicted octanol–water partition coefficient (Wildman–Crippen LogP) is 1.43. The van der Waals surface area contributed by atoms with Gasteiger partial charge >= 0.3 is 0 Å². The van der Waals surface area contributed by atoms with E-state index in [9.17, 15) is 4.79 Å². The van der Waals surface area contributed by atoms with Crippen molar-refractivity contribution in [1.82, 2.24) is 5.32 Å². The molecule has 0 radical (unpaired) electrons. The Hall–Kier alpha value is -1.95. The number of amides is 1. The molecule has 1 saturated heterocycles. The SMILES string of the molecule is COc1cc(N(C)C(=O)C2CCCN2)cc(OC)c1OC. The topological polar surface area (TPSA) is 60.0 Å². The summed E-state index contributed by atoms with van der Waals surface area (Å²) in [6.45, 7) is 0.888. The van der Waals surface area contributed by atoms with E-state index in [-0.39, 0.29) is 11.9 Å². The number of likely N-dealkylation sites (N-methyl/N-ethyl adjacent to an activating group) is 1. The summed E-state index contributed by atoms with van der Waals surface area (Å²) in [6, 6.07) is 3.43. The Labute approximate surface area is 125 Å². The molecule has 1 aromatic carbocycles. The van der Waals surface area contributed by atoms with Crippen LogP contribution in [0.2, 0.25) is 0 Å². The summed E-state index contributed by atoms with van der Waals surface area (Å²) < 4.78 is 15.9. The lowest BCUT2D eigenvalue weighted by atomic mass is 10.2. The molecule has 1 aliphatic rings. The number of carbonyl (C=O) groups is 1. The van der Waals surface area contributed by atoms with Crippen LogP contribution in [-0.2, 0) is 4.79 Å². The van der Waals surface area contributed by atoms with Crippen LogP contribution in [0.3, 0.4) is 0 Å². The second-order valence-corrected chi connectivity index (χ2v) is 4.93. The van der Waals surface area contributed by atoms with Crippen molar-refractivity contribution >= 4 is 11.6 Å². The second kappa shape index (κ2) is 6.67. The van der Waals surface area contributed by atoms with Gasteiger partial charge in [-0.1, -0.05) is 0 Å². The Balaban J connectivity index is 2.31. The van der Waals surface area contributed by atoms with Gasteiger partial charge in [0.2, 0.25) is 11.7 Å². The third kappa shape index (κ3) is 3.05. The minimum Gasteiger partial charge on any atom is -0.493 e. The van der Waals surface area contributed by atoms with Crippen LogP contribution < -0.4 is 24.4 Å². The lowest BCUT2D eigenvalue weighted by molar-refractivity contribution is -0.119.